The van der Waals surface area contributed by atoms with Gasteiger partial charge in [-0.25, -0.2) is 0 Å². The molecule has 1 N–H and O–H groups in total. The standard InChI is InChI=1S/C22H27N3S/c1-17(2)13-14-24-16-19-9-7-8-12-21(19)25(15-18(24)3)22(26)23-20-10-5-4-6-11-20/h4-13,18H,14-16H2,1-3H3,(H,23,26). The molecule has 26 heavy (non-hydrogen) atoms. The molecule has 0 aliphatic carbocycles. The summed E-state index contributed by atoms with van der Waals surface area (Å²) in [6.07, 6.45) is 2.30. The largest absolute Gasteiger partial charge is 0.332 e. The summed E-state index contributed by atoms with van der Waals surface area (Å²) < 4.78 is 0. The lowest BCUT2D eigenvalue weighted by atomic mass is 10.1. The highest BCUT2D eigenvalue weighted by molar-refractivity contribution is 7.80. The van der Waals surface area contributed by atoms with Gasteiger partial charge in [-0.05, 0) is 56.8 Å². The Hall–Kier alpha value is -2.17. The van der Waals surface area contributed by atoms with E-state index in [1.165, 1.54) is 16.8 Å². The van der Waals surface area contributed by atoms with Crippen molar-refractivity contribution in [2.75, 3.05) is 23.3 Å². The molecular weight excluding hydrogens is 338 g/mol. The molecular formula is C22H27N3S. The molecule has 0 aromatic heterocycles. The summed E-state index contributed by atoms with van der Waals surface area (Å²) in [6, 6.07) is 19.1. The number of hydrogen-bond donors (Lipinski definition) is 1. The van der Waals surface area contributed by atoms with Gasteiger partial charge < -0.3 is 10.2 Å². The van der Waals surface area contributed by atoms with E-state index < -0.39 is 0 Å². The molecule has 0 saturated carbocycles. The van der Waals surface area contributed by atoms with Gasteiger partial charge in [0.1, 0.15) is 0 Å². The summed E-state index contributed by atoms with van der Waals surface area (Å²) in [5, 5.41) is 4.14. The lowest BCUT2D eigenvalue weighted by Gasteiger charge is -2.30. The quantitative estimate of drug-likeness (QED) is 0.605. The maximum Gasteiger partial charge on any atom is 0.178 e. The molecule has 1 aliphatic rings. The first kappa shape index (κ1) is 18.6. The highest BCUT2D eigenvalue weighted by Gasteiger charge is 2.26. The highest BCUT2D eigenvalue weighted by atomic mass is 32.1. The molecule has 0 fully saturated rings. The van der Waals surface area contributed by atoms with E-state index in [2.05, 4.69) is 66.2 Å². The molecule has 136 valence electrons. The van der Waals surface area contributed by atoms with Crippen molar-refractivity contribution in [3.63, 3.8) is 0 Å². The van der Waals surface area contributed by atoms with Gasteiger partial charge in [0.25, 0.3) is 0 Å². The minimum atomic E-state index is 0.397. The molecule has 0 bridgehead atoms. The van der Waals surface area contributed by atoms with E-state index in [4.69, 9.17) is 12.2 Å². The van der Waals surface area contributed by atoms with Crippen LogP contribution < -0.4 is 10.2 Å². The Kier molecular flexibility index (Phi) is 6.07. The number of benzene rings is 2. The van der Waals surface area contributed by atoms with E-state index in [-0.39, 0.29) is 0 Å². The summed E-state index contributed by atoms with van der Waals surface area (Å²) in [5.41, 5.74) is 4.89. The Morgan fingerprint density at radius 2 is 1.81 bits per heavy atom. The predicted molar refractivity (Wildman–Crippen MR) is 116 cm³/mol. The van der Waals surface area contributed by atoms with E-state index in [1.54, 1.807) is 0 Å². The van der Waals surface area contributed by atoms with Gasteiger partial charge in [-0.3, -0.25) is 4.90 Å². The SMILES string of the molecule is CC(C)=CCN1Cc2ccccc2N(C(=S)Nc2ccccc2)CC1C. The number of para-hydroxylation sites is 2. The number of nitrogens with zero attached hydrogens (tertiary/aromatic N) is 2. The summed E-state index contributed by atoms with van der Waals surface area (Å²) in [6.45, 7) is 9.36. The third-order valence-electron chi connectivity index (χ3n) is 4.73. The Labute approximate surface area is 162 Å². The molecule has 0 radical (unpaired) electrons. The van der Waals surface area contributed by atoms with Crippen LogP contribution in [-0.2, 0) is 6.54 Å². The average molecular weight is 366 g/mol. The number of nitrogens with one attached hydrogen (secondary N) is 1. The maximum absolute atomic E-state index is 5.77. The molecule has 1 heterocycles. The molecule has 3 nitrogen and oxygen atoms in total. The second-order valence-corrected chi connectivity index (χ2v) is 7.48. The number of rotatable bonds is 3. The van der Waals surface area contributed by atoms with Crippen molar-refractivity contribution in [2.24, 2.45) is 0 Å². The molecule has 1 unspecified atom stereocenters. The Morgan fingerprint density at radius 1 is 1.12 bits per heavy atom. The van der Waals surface area contributed by atoms with Crippen LogP contribution in [0.15, 0.2) is 66.2 Å². The minimum Gasteiger partial charge on any atom is -0.332 e. The van der Waals surface area contributed by atoms with E-state index >= 15 is 0 Å². The Balaban J connectivity index is 1.86. The second kappa shape index (κ2) is 8.47. The fourth-order valence-corrected chi connectivity index (χ4v) is 3.50. The molecule has 3 rings (SSSR count). The third kappa shape index (κ3) is 4.51. The van der Waals surface area contributed by atoms with Gasteiger partial charge >= 0.3 is 0 Å². The van der Waals surface area contributed by atoms with E-state index in [9.17, 15) is 0 Å². The summed E-state index contributed by atoms with van der Waals surface area (Å²) in [7, 11) is 0. The van der Waals surface area contributed by atoms with Crippen molar-refractivity contribution in [1.29, 1.82) is 0 Å². The number of allylic oxidation sites excluding steroid dienone is 1. The van der Waals surface area contributed by atoms with Crippen LogP contribution in [0.5, 0.6) is 0 Å². The van der Waals surface area contributed by atoms with Gasteiger partial charge in [-0.1, -0.05) is 48.0 Å². The Bertz CT molecular complexity index is 781. The van der Waals surface area contributed by atoms with Gasteiger partial charge in [-0.2, -0.15) is 0 Å². The number of anilines is 2. The number of hydrogen-bond acceptors (Lipinski definition) is 2. The predicted octanol–water partition coefficient (Wildman–Crippen LogP) is 5.06. The van der Waals surface area contributed by atoms with Crippen molar-refractivity contribution in [3.8, 4) is 0 Å². The third-order valence-corrected chi connectivity index (χ3v) is 5.05. The molecule has 1 atom stereocenters. The molecule has 0 saturated heterocycles. The van der Waals surface area contributed by atoms with Gasteiger partial charge in [0.2, 0.25) is 0 Å². The zero-order chi connectivity index (χ0) is 18.5. The monoisotopic (exact) mass is 365 g/mol. The van der Waals surface area contributed by atoms with Gasteiger partial charge in [0.05, 0.1) is 0 Å². The molecule has 2 aromatic rings. The first-order valence-electron chi connectivity index (χ1n) is 9.13. The summed E-state index contributed by atoms with van der Waals surface area (Å²) in [5.74, 6) is 0. The topological polar surface area (TPSA) is 18.5 Å². The van der Waals surface area contributed by atoms with Crippen molar-refractivity contribution < 1.29 is 0 Å². The van der Waals surface area contributed by atoms with Crippen LogP contribution in [-0.4, -0.2) is 29.1 Å². The minimum absolute atomic E-state index is 0.397. The molecule has 2 aromatic carbocycles. The number of thiocarbonyl (C=S) groups is 1. The van der Waals surface area contributed by atoms with E-state index in [0.29, 0.717) is 6.04 Å². The van der Waals surface area contributed by atoms with Crippen molar-refractivity contribution in [2.45, 2.75) is 33.4 Å². The molecule has 1 aliphatic heterocycles. The number of fused-ring (bicyclic) bond motifs is 1. The van der Waals surface area contributed by atoms with Crippen molar-refractivity contribution in [1.82, 2.24) is 4.90 Å². The molecule has 0 amide bonds. The van der Waals surface area contributed by atoms with E-state index in [0.717, 1.165) is 30.4 Å². The zero-order valence-electron chi connectivity index (χ0n) is 15.8. The van der Waals surface area contributed by atoms with Crippen LogP contribution in [0.2, 0.25) is 0 Å². The molecule has 0 spiro atoms. The van der Waals surface area contributed by atoms with Crippen LogP contribution >= 0.6 is 12.2 Å². The van der Waals surface area contributed by atoms with Crippen molar-refractivity contribution >= 4 is 28.7 Å². The first-order chi connectivity index (χ1) is 12.5. The van der Waals surface area contributed by atoms with Gasteiger partial charge in [0, 0.05) is 37.1 Å². The average Bonchev–Trinajstić information content (AvgIpc) is 2.77. The molecule has 4 heteroatoms. The smallest absolute Gasteiger partial charge is 0.178 e. The lowest BCUT2D eigenvalue weighted by Crippen LogP contribution is -2.43. The fraction of sp³-hybridized carbons (Fsp3) is 0.318. The van der Waals surface area contributed by atoms with Gasteiger partial charge in [-0.15, -0.1) is 0 Å². The van der Waals surface area contributed by atoms with Crippen LogP contribution in [0.1, 0.15) is 26.3 Å². The normalized spacial score (nSPS) is 17.2. The van der Waals surface area contributed by atoms with Crippen LogP contribution in [0, 0.1) is 0 Å². The van der Waals surface area contributed by atoms with Gasteiger partial charge in [0.15, 0.2) is 5.11 Å². The fourth-order valence-electron chi connectivity index (χ4n) is 3.21. The lowest BCUT2D eigenvalue weighted by molar-refractivity contribution is 0.233. The highest BCUT2D eigenvalue weighted by Crippen LogP contribution is 2.28. The van der Waals surface area contributed by atoms with Crippen molar-refractivity contribution in [3.05, 3.63) is 71.8 Å². The maximum atomic E-state index is 5.77. The summed E-state index contributed by atoms with van der Waals surface area (Å²) in [4.78, 5) is 4.75. The van der Waals surface area contributed by atoms with E-state index in [1.807, 2.05) is 30.3 Å². The summed E-state index contributed by atoms with van der Waals surface area (Å²) >= 11 is 5.77. The van der Waals surface area contributed by atoms with Crippen LogP contribution in [0.3, 0.4) is 0 Å². The van der Waals surface area contributed by atoms with Crippen LogP contribution in [0.25, 0.3) is 0 Å². The Morgan fingerprint density at radius 3 is 2.54 bits per heavy atom. The second-order valence-electron chi connectivity index (χ2n) is 7.10. The first-order valence-corrected chi connectivity index (χ1v) is 9.54. The zero-order valence-corrected chi connectivity index (χ0v) is 16.6. The van der Waals surface area contributed by atoms with Crippen LogP contribution in [0.4, 0.5) is 11.4 Å².